The number of aromatic hydroxyl groups is 2. The third-order valence-electron chi connectivity index (χ3n) is 7.37. The summed E-state index contributed by atoms with van der Waals surface area (Å²) in [4.78, 5) is 42.4. The number of carbonyl (C=O) groups is 3. The average molecular weight is 491 g/mol. The monoisotopic (exact) mass is 490 g/mol. The van der Waals surface area contributed by atoms with Crippen LogP contribution in [-0.2, 0) is 26.3 Å². The van der Waals surface area contributed by atoms with Gasteiger partial charge in [-0.1, -0.05) is 35.9 Å². The lowest BCUT2D eigenvalue weighted by Gasteiger charge is -2.26. The van der Waals surface area contributed by atoms with E-state index in [0.717, 1.165) is 4.90 Å². The third kappa shape index (κ3) is 3.00. The fourth-order valence-electron chi connectivity index (χ4n) is 5.92. The summed E-state index contributed by atoms with van der Waals surface area (Å²) in [6.45, 7) is 0. The van der Waals surface area contributed by atoms with Crippen LogP contribution in [0.5, 0.6) is 11.5 Å². The van der Waals surface area contributed by atoms with Crippen LogP contribution >= 0.6 is 11.6 Å². The van der Waals surface area contributed by atoms with Crippen LogP contribution in [0.1, 0.15) is 11.1 Å². The van der Waals surface area contributed by atoms with Crippen molar-refractivity contribution < 1.29 is 29.9 Å². The quantitative estimate of drug-likeness (QED) is 0.330. The first kappa shape index (κ1) is 21.6. The highest BCUT2D eigenvalue weighted by Crippen LogP contribution is 2.50. The van der Waals surface area contributed by atoms with Gasteiger partial charge in [-0.15, -0.1) is 0 Å². The number of quaternary nitrogens is 1. The number of nitrogens with two attached hydrogens (primary N) is 1. The summed E-state index contributed by atoms with van der Waals surface area (Å²) in [7, 11) is 0. The molecule has 0 aliphatic carbocycles. The van der Waals surface area contributed by atoms with Gasteiger partial charge in [0.15, 0.2) is 11.5 Å². The van der Waals surface area contributed by atoms with Crippen molar-refractivity contribution in [2.75, 3.05) is 10.2 Å². The number of nitrogens with one attached hydrogen (secondary N) is 1. The first-order valence-electron chi connectivity index (χ1n) is 11.2. The first-order valence-corrected chi connectivity index (χ1v) is 11.6. The minimum atomic E-state index is -1.29. The summed E-state index contributed by atoms with van der Waals surface area (Å²) in [5.74, 6) is -3.34. The van der Waals surface area contributed by atoms with Crippen LogP contribution in [0.2, 0.25) is 5.02 Å². The standard InChI is InChI=1S/C26H20ClN3O5/c27-14-6-8-15(9-7-14)30-23(33)21-18(11-13-5-10-19(31)20(32)12-13)29-26(22(21)24(30)34)16-3-1-2-4-17(16)28-25(26)35/h1-10,12,18,21-22,29,31-32H,11H2,(H,28,35)/p+1/t18-,21-,22+,26-/m1/s1. The summed E-state index contributed by atoms with van der Waals surface area (Å²) >= 11 is 6.01. The number of anilines is 2. The molecule has 3 aliphatic heterocycles. The van der Waals surface area contributed by atoms with Crippen molar-refractivity contribution in [3.05, 3.63) is 82.9 Å². The number of hydrogen-bond donors (Lipinski definition) is 4. The predicted molar refractivity (Wildman–Crippen MR) is 127 cm³/mol. The van der Waals surface area contributed by atoms with Crippen LogP contribution in [0.3, 0.4) is 0 Å². The lowest BCUT2D eigenvalue weighted by atomic mass is 9.76. The maximum Gasteiger partial charge on any atom is 0.291 e. The third-order valence-corrected chi connectivity index (χ3v) is 7.62. The Kier molecular flexibility index (Phi) is 4.67. The molecule has 0 radical (unpaired) electrons. The van der Waals surface area contributed by atoms with E-state index in [2.05, 4.69) is 5.32 Å². The van der Waals surface area contributed by atoms with Gasteiger partial charge in [0, 0.05) is 17.0 Å². The molecule has 2 saturated heterocycles. The van der Waals surface area contributed by atoms with E-state index in [0.29, 0.717) is 33.9 Å². The van der Waals surface area contributed by atoms with Crippen LogP contribution in [0, 0.1) is 11.8 Å². The number of carbonyl (C=O) groups excluding carboxylic acids is 3. The predicted octanol–water partition coefficient (Wildman–Crippen LogP) is 1.89. The molecule has 176 valence electrons. The number of amides is 3. The lowest BCUT2D eigenvalue weighted by molar-refractivity contribution is -0.733. The summed E-state index contributed by atoms with van der Waals surface area (Å²) in [6.07, 6.45) is 0.305. The number of nitrogens with zero attached hydrogens (tertiary/aromatic N) is 1. The number of phenolic OH excluding ortho intramolecular Hbond substituents is 2. The second-order valence-corrected chi connectivity index (χ2v) is 9.65. The van der Waals surface area contributed by atoms with Crippen molar-refractivity contribution in [1.29, 1.82) is 0 Å². The molecular formula is C26H21ClN3O5+. The maximum atomic E-state index is 13.9. The highest BCUT2D eigenvalue weighted by Gasteiger charge is 2.74. The number of para-hydroxylation sites is 1. The Morgan fingerprint density at radius 2 is 1.69 bits per heavy atom. The number of phenols is 2. The Morgan fingerprint density at radius 1 is 0.943 bits per heavy atom. The van der Waals surface area contributed by atoms with Gasteiger partial charge in [0.25, 0.3) is 5.91 Å². The zero-order valence-corrected chi connectivity index (χ0v) is 19.1. The largest absolute Gasteiger partial charge is 0.504 e. The molecule has 3 aromatic carbocycles. The zero-order chi connectivity index (χ0) is 24.5. The smallest absolute Gasteiger partial charge is 0.291 e. The topological polar surface area (TPSA) is 124 Å². The molecule has 1 spiro atoms. The Balaban J connectivity index is 1.48. The van der Waals surface area contributed by atoms with Crippen molar-refractivity contribution in [1.82, 2.24) is 0 Å². The molecule has 2 fully saturated rings. The van der Waals surface area contributed by atoms with Crippen molar-refractivity contribution in [3.63, 3.8) is 0 Å². The van der Waals surface area contributed by atoms with Crippen molar-refractivity contribution in [3.8, 4) is 11.5 Å². The molecule has 0 bridgehead atoms. The van der Waals surface area contributed by atoms with Crippen molar-refractivity contribution >= 4 is 40.7 Å². The molecule has 3 aromatic rings. The van der Waals surface area contributed by atoms with E-state index in [9.17, 15) is 24.6 Å². The molecular weight excluding hydrogens is 470 g/mol. The molecule has 4 atom stereocenters. The van der Waals surface area contributed by atoms with E-state index >= 15 is 0 Å². The van der Waals surface area contributed by atoms with E-state index < -0.39 is 29.3 Å². The van der Waals surface area contributed by atoms with Gasteiger partial charge in [0.2, 0.25) is 17.4 Å². The number of fused-ring (bicyclic) bond motifs is 4. The van der Waals surface area contributed by atoms with Crippen LogP contribution < -0.4 is 15.5 Å². The van der Waals surface area contributed by atoms with E-state index in [-0.39, 0.29) is 23.3 Å². The number of halogens is 1. The minimum absolute atomic E-state index is 0.247. The van der Waals surface area contributed by atoms with Crippen molar-refractivity contribution in [2.45, 2.75) is 18.0 Å². The van der Waals surface area contributed by atoms with Gasteiger partial charge >= 0.3 is 0 Å². The summed E-state index contributed by atoms with van der Waals surface area (Å²) in [6, 6.07) is 17.7. The fraction of sp³-hybridized carbons (Fsp3) is 0.192. The normalized spacial score (nSPS) is 26.8. The number of benzene rings is 3. The van der Waals surface area contributed by atoms with Crippen LogP contribution in [0.15, 0.2) is 66.7 Å². The second-order valence-electron chi connectivity index (χ2n) is 9.22. The van der Waals surface area contributed by atoms with E-state index in [1.54, 1.807) is 36.4 Å². The number of hydrogen-bond acceptors (Lipinski definition) is 5. The maximum absolute atomic E-state index is 13.9. The average Bonchev–Trinajstić information content (AvgIpc) is 3.42. The minimum Gasteiger partial charge on any atom is -0.504 e. The molecule has 5 N–H and O–H groups in total. The Labute approximate surface area is 205 Å². The van der Waals surface area contributed by atoms with Crippen LogP contribution in [0.4, 0.5) is 11.4 Å². The zero-order valence-electron chi connectivity index (χ0n) is 18.3. The van der Waals surface area contributed by atoms with E-state index in [4.69, 9.17) is 11.6 Å². The van der Waals surface area contributed by atoms with Gasteiger partial charge < -0.3 is 20.8 Å². The highest BCUT2D eigenvalue weighted by molar-refractivity contribution is 6.31. The summed E-state index contributed by atoms with van der Waals surface area (Å²) < 4.78 is 0. The number of rotatable bonds is 3. The second kappa shape index (κ2) is 7.56. The van der Waals surface area contributed by atoms with E-state index in [1.807, 2.05) is 23.5 Å². The Morgan fingerprint density at radius 3 is 2.43 bits per heavy atom. The molecule has 3 amide bonds. The molecule has 8 nitrogen and oxygen atoms in total. The Bertz CT molecular complexity index is 1410. The highest BCUT2D eigenvalue weighted by atomic mass is 35.5. The van der Waals surface area contributed by atoms with Crippen molar-refractivity contribution in [2.24, 2.45) is 11.8 Å². The molecule has 3 aliphatic rings. The summed E-state index contributed by atoms with van der Waals surface area (Å²) in [5.41, 5.74) is 1.09. The van der Waals surface area contributed by atoms with Gasteiger partial charge in [-0.3, -0.25) is 14.4 Å². The lowest BCUT2D eigenvalue weighted by Crippen LogP contribution is -2.99. The molecule has 9 heteroatoms. The van der Waals surface area contributed by atoms with Gasteiger partial charge in [-0.25, -0.2) is 4.90 Å². The molecule has 6 rings (SSSR count). The first-order chi connectivity index (χ1) is 16.8. The van der Waals surface area contributed by atoms with Crippen LogP contribution in [-0.4, -0.2) is 34.0 Å². The van der Waals surface area contributed by atoms with Gasteiger partial charge in [0.1, 0.15) is 17.9 Å². The van der Waals surface area contributed by atoms with Gasteiger partial charge in [-0.05, 0) is 48.0 Å². The van der Waals surface area contributed by atoms with Crippen LogP contribution in [0.25, 0.3) is 0 Å². The van der Waals surface area contributed by atoms with Gasteiger partial charge in [0.05, 0.1) is 11.4 Å². The fourth-order valence-corrected chi connectivity index (χ4v) is 6.05. The molecule has 0 unspecified atom stereocenters. The SMILES string of the molecule is O=C1[C@H]2[C@@H](C(=O)N1c1ccc(Cl)cc1)[C@@]1([NH2+][C@@H]2Cc2ccc(O)c(O)c2)C(=O)Nc2ccccc21. The summed E-state index contributed by atoms with van der Waals surface area (Å²) in [5, 5.41) is 24.9. The van der Waals surface area contributed by atoms with Gasteiger partial charge in [-0.2, -0.15) is 0 Å². The van der Waals surface area contributed by atoms with E-state index in [1.165, 1.54) is 12.1 Å². The molecule has 3 heterocycles. The molecule has 35 heavy (non-hydrogen) atoms. The number of imide groups is 1. The Hall–Kier alpha value is -3.88. The molecule has 0 aromatic heterocycles. The molecule has 0 saturated carbocycles.